The van der Waals surface area contributed by atoms with Crippen LogP contribution in [0, 0.1) is 3.57 Å². The number of hydrogen-bond donors (Lipinski definition) is 2. The standard InChI is InChI=1S/C15H20IN3O/c1-3-6-10(2)18-13-8-5-4-7-11-14(19-13)12(16)9-17-15(11)20/h7-10,18H,3-6H2,1-2H3,(H,17,20)/b11-7+,13-8?,19-14?. The first-order valence-electron chi connectivity index (χ1n) is 7.04. The summed E-state index contributed by atoms with van der Waals surface area (Å²) in [6.07, 6.45) is 9.81. The van der Waals surface area contributed by atoms with Gasteiger partial charge in [-0.25, -0.2) is 4.99 Å². The number of nitrogens with zero attached hydrogens (tertiary/aromatic N) is 1. The van der Waals surface area contributed by atoms with E-state index >= 15 is 0 Å². The van der Waals surface area contributed by atoms with E-state index in [1.807, 2.05) is 6.08 Å². The van der Waals surface area contributed by atoms with Crippen LogP contribution in [0.3, 0.4) is 0 Å². The van der Waals surface area contributed by atoms with Gasteiger partial charge < -0.3 is 10.3 Å². The lowest BCUT2D eigenvalue weighted by Gasteiger charge is -2.15. The summed E-state index contributed by atoms with van der Waals surface area (Å²) in [5.41, 5.74) is -0.0629. The van der Waals surface area contributed by atoms with Crippen molar-refractivity contribution in [1.29, 1.82) is 0 Å². The maximum atomic E-state index is 11.9. The average Bonchev–Trinajstić information content (AvgIpc) is 2.37. The van der Waals surface area contributed by atoms with Crippen molar-refractivity contribution in [3.05, 3.63) is 42.6 Å². The van der Waals surface area contributed by atoms with Crippen LogP contribution < -0.4 is 21.5 Å². The number of halogens is 1. The van der Waals surface area contributed by atoms with Gasteiger partial charge in [-0.05, 0) is 54.9 Å². The fourth-order valence-corrected chi connectivity index (χ4v) is 2.84. The van der Waals surface area contributed by atoms with E-state index in [2.05, 4.69) is 57.8 Å². The van der Waals surface area contributed by atoms with Gasteiger partial charge in [-0.15, -0.1) is 0 Å². The van der Waals surface area contributed by atoms with Crippen LogP contribution in [0.4, 0.5) is 0 Å². The summed E-state index contributed by atoms with van der Waals surface area (Å²) in [5, 5.41) is 4.90. The monoisotopic (exact) mass is 385 g/mol. The van der Waals surface area contributed by atoms with Crippen molar-refractivity contribution in [2.45, 2.75) is 45.6 Å². The van der Waals surface area contributed by atoms with Gasteiger partial charge in [0.15, 0.2) is 0 Å². The third kappa shape index (κ3) is 3.71. The number of fused-ring (bicyclic) bond motifs is 1. The Morgan fingerprint density at radius 2 is 2.20 bits per heavy atom. The molecule has 1 aliphatic rings. The zero-order chi connectivity index (χ0) is 14.5. The molecule has 1 unspecified atom stereocenters. The third-order valence-electron chi connectivity index (χ3n) is 3.26. The fraction of sp³-hybridized carbons (Fsp3) is 0.467. The second kappa shape index (κ2) is 7.06. The van der Waals surface area contributed by atoms with Gasteiger partial charge in [0, 0.05) is 12.2 Å². The molecule has 20 heavy (non-hydrogen) atoms. The highest BCUT2D eigenvalue weighted by molar-refractivity contribution is 14.1. The van der Waals surface area contributed by atoms with Crippen LogP contribution in [0.5, 0.6) is 0 Å². The molecule has 0 saturated heterocycles. The van der Waals surface area contributed by atoms with Crippen molar-refractivity contribution in [2.24, 2.45) is 4.99 Å². The number of H-pyrrole nitrogens is 1. The van der Waals surface area contributed by atoms with Crippen molar-refractivity contribution in [2.75, 3.05) is 0 Å². The average molecular weight is 385 g/mol. The Morgan fingerprint density at radius 1 is 1.45 bits per heavy atom. The van der Waals surface area contributed by atoms with E-state index in [-0.39, 0.29) is 5.56 Å². The third-order valence-corrected chi connectivity index (χ3v) is 4.08. The number of pyridine rings is 1. The Morgan fingerprint density at radius 3 is 2.95 bits per heavy atom. The first kappa shape index (κ1) is 15.3. The van der Waals surface area contributed by atoms with Gasteiger partial charge in [0.1, 0.15) is 5.82 Å². The fourth-order valence-electron chi connectivity index (χ4n) is 2.28. The minimum Gasteiger partial charge on any atom is -0.368 e. The zero-order valence-electron chi connectivity index (χ0n) is 11.9. The molecule has 1 aliphatic heterocycles. The summed E-state index contributed by atoms with van der Waals surface area (Å²) in [6, 6.07) is 0.390. The van der Waals surface area contributed by atoms with Gasteiger partial charge in [0.05, 0.1) is 14.1 Å². The van der Waals surface area contributed by atoms with Crippen LogP contribution in [-0.2, 0) is 0 Å². The van der Waals surface area contributed by atoms with E-state index < -0.39 is 0 Å². The Bertz CT molecular complexity index is 675. The first-order chi connectivity index (χ1) is 9.61. The summed E-state index contributed by atoms with van der Waals surface area (Å²) in [4.78, 5) is 19.4. The van der Waals surface area contributed by atoms with E-state index in [9.17, 15) is 4.79 Å². The second-order valence-corrected chi connectivity index (χ2v) is 6.21. The smallest absolute Gasteiger partial charge is 0.257 e. The summed E-state index contributed by atoms with van der Waals surface area (Å²) in [6.45, 7) is 4.34. The lowest BCUT2D eigenvalue weighted by Crippen LogP contribution is -2.43. The van der Waals surface area contributed by atoms with E-state index in [0.29, 0.717) is 11.3 Å². The molecule has 1 aromatic heterocycles. The van der Waals surface area contributed by atoms with E-state index in [0.717, 1.165) is 40.4 Å². The van der Waals surface area contributed by atoms with E-state index in [1.54, 1.807) is 6.20 Å². The maximum absolute atomic E-state index is 11.9. The van der Waals surface area contributed by atoms with Crippen molar-refractivity contribution in [3.63, 3.8) is 0 Å². The molecule has 2 heterocycles. The number of aromatic amines is 1. The molecule has 2 rings (SSSR count). The van der Waals surface area contributed by atoms with E-state index in [4.69, 9.17) is 0 Å². The van der Waals surface area contributed by atoms with Crippen LogP contribution >= 0.6 is 22.6 Å². The van der Waals surface area contributed by atoms with Crippen LogP contribution in [-0.4, -0.2) is 11.0 Å². The quantitative estimate of drug-likeness (QED) is 0.777. The molecule has 5 heteroatoms. The molecule has 0 aliphatic carbocycles. The molecule has 0 amide bonds. The number of nitrogens with one attached hydrogen (secondary N) is 2. The van der Waals surface area contributed by atoms with Gasteiger partial charge in [-0.3, -0.25) is 4.79 Å². The molecule has 0 fully saturated rings. The molecule has 0 saturated carbocycles. The minimum absolute atomic E-state index is 0.0629. The van der Waals surface area contributed by atoms with Gasteiger partial charge in [-0.2, -0.15) is 0 Å². The lowest BCUT2D eigenvalue weighted by molar-refractivity contribution is 0.553. The normalized spacial score (nSPS) is 17.6. The highest BCUT2D eigenvalue weighted by Gasteiger charge is 2.06. The van der Waals surface area contributed by atoms with E-state index in [1.165, 1.54) is 0 Å². The Hall–Kier alpha value is -1.11. The molecule has 0 aromatic carbocycles. The molecule has 1 atom stereocenters. The maximum Gasteiger partial charge on any atom is 0.257 e. The van der Waals surface area contributed by atoms with Crippen LogP contribution in [0.1, 0.15) is 39.5 Å². The molecule has 108 valence electrons. The molecule has 0 bridgehead atoms. The minimum atomic E-state index is -0.0629. The molecule has 0 spiro atoms. The van der Waals surface area contributed by atoms with Crippen LogP contribution in [0.15, 0.2) is 27.9 Å². The van der Waals surface area contributed by atoms with Gasteiger partial charge in [0.2, 0.25) is 0 Å². The highest BCUT2D eigenvalue weighted by atomic mass is 127. The largest absolute Gasteiger partial charge is 0.368 e. The lowest BCUT2D eigenvalue weighted by atomic mass is 10.2. The molecule has 0 radical (unpaired) electrons. The highest BCUT2D eigenvalue weighted by Crippen LogP contribution is 2.04. The summed E-state index contributed by atoms with van der Waals surface area (Å²) < 4.78 is 0.964. The Labute approximate surface area is 132 Å². The first-order valence-corrected chi connectivity index (χ1v) is 8.12. The predicted molar refractivity (Wildman–Crippen MR) is 89.8 cm³/mol. The number of aromatic nitrogens is 1. The van der Waals surface area contributed by atoms with Crippen LogP contribution in [0.2, 0.25) is 0 Å². The topological polar surface area (TPSA) is 57.2 Å². The van der Waals surface area contributed by atoms with Crippen molar-refractivity contribution < 1.29 is 0 Å². The Kier molecular flexibility index (Phi) is 5.39. The second-order valence-electron chi connectivity index (χ2n) is 5.04. The number of allylic oxidation sites excluding steroid dienone is 1. The summed E-state index contributed by atoms with van der Waals surface area (Å²) >= 11 is 2.21. The van der Waals surface area contributed by atoms with Crippen LogP contribution in [0.25, 0.3) is 6.08 Å². The molecule has 4 nitrogen and oxygen atoms in total. The number of rotatable bonds is 4. The summed E-state index contributed by atoms with van der Waals surface area (Å²) in [7, 11) is 0. The number of hydrogen-bond acceptors (Lipinski definition) is 3. The molecule has 2 N–H and O–H groups in total. The molecular weight excluding hydrogens is 365 g/mol. The van der Waals surface area contributed by atoms with Crippen molar-refractivity contribution in [3.8, 4) is 0 Å². The van der Waals surface area contributed by atoms with Crippen molar-refractivity contribution in [1.82, 2.24) is 10.3 Å². The van der Waals surface area contributed by atoms with Gasteiger partial charge >= 0.3 is 0 Å². The van der Waals surface area contributed by atoms with Crippen molar-refractivity contribution >= 4 is 28.7 Å². The zero-order valence-corrected chi connectivity index (χ0v) is 14.0. The summed E-state index contributed by atoms with van der Waals surface area (Å²) in [5.74, 6) is 0.879. The SMILES string of the molecule is CCCC(C)NC1=CCC/C=c2/c(=O)[nH]cc(I)c2=N1. The molecular formula is C15H20IN3O. The molecule has 1 aromatic rings. The predicted octanol–water partition coefficient (Wildman–Crippen LogP) is 1.79. The van der Waals surface area contributed by atoms with Gasteiger partial charge in [0.25, 0.3) is 5.56 Å². The van der Waals surface area contributed by atoms with Gasteiger partial charge in [-0.1, -0.05) is 19.4 Å². The Balaban J connectivity index is 2.47.